The van der Waals surface area contributed by atoms with Crippen LogP contribution < -0.4 is 17.0 Å². The highest BCUT2D eigenvalue weighted by atomic mass is 32.2. The maximum atomic E-state index is 5.58. The van der Waals surface area contributed by atoms with Crippen molar-refractivity contribution in [2.24, 2.45) is 5.84 Å². The van der Waals surface area contributed by atoms with E-state index in [2.05, 4.69) is 16.7 Å². The minimum Gasteiger partial charge on any atom is -0.384 e. The van der Waals surface area contributed by atoms with Crippen LogP contribution in [0.3, 0.4) is 0 Å². The molecule has 1 aromatic rings. The molecule has 14 heavy (non-hydrogen) atoms. The molecule has 78 valence electrons. The van der Waals surface area contributed by atoms with Crippen molar-refractivity contribution >= 4 is 17.6 Å². The molecule has 1 rings (SSSR count). The maximum Gasteiger partial charge on any atom is 0.123 e. The lowest BCUT2D eigenvalue weighted by atomic mass is 10.1. The topological polar surface area (TPSA) is 77.0 Å². The standard InChI is InChI=1S/C9H16N4S/c1-14-6-8(13-11)4-7-2-3-12-9(10)5-7/h2-3,5,8,13H,4,6,11H2,1H3,(H2,10,12). The zero-order valence-corrected chi connectivity index (χ0v) is 9.05. The molecule has 4 nitrogen and oxygen atoms in total. The maximum absolute atomic E-state index is 5.58. The van der Waals surface area contributed by atoms with Crippen molar-refractivity contribution in [1.29, 1.82) is 0 Å². The summed E-state index contributed by atoms with van der Waals surface area (Å²) in [6.45, 7) is 0. The van der Waals surface area contributed by atoms with Gasteiger partial charge in [0.1, 0.15) is 5.82 Å². The van der Waals surface area contributed by atoms with Gasteiger partial charge in [-0.3, -0.25) is 11.3 Å². The Hall–Kier alpha value is -0.780. The third kappa shape index (κ3) is 3.53. The first kappa shape index (κ1) is 11.3. The van der Waals surface area contributed by atoms with E-state index in [1.54, 1.807) is 18.0 Å². The monoisotopic (exact) mass is 212 g/mol. The molecule has 0 spiro atoms. The molecule has 0 fully saturated rings. The molecule has 5 heteroatoms. The van der Waals surface area contributed by atoms with Crippen molar-refractivity contribution in [3.05, 3.63) is 23.9 Å². The largest absolute Gasteiger partial charge is 0.384 e. The number of thioether (sulfide) groups is 1. The summed E-state index contributed by atoms with van der Waals surface area (Å²) in [5.41, 5.74) is 9.53. The minimum atomic E-state index is 0.284. The molecule has 1 atom stereocenters. The van der Waals surface area contributed by atoms with Crippen molar-refractivity contribution in [2.45, 2.75) is 12.5 Å². The number of nitrogens with two attached hydrogens (primary N) is 2. The number of hydrazine groups is 1. The summed E-state index contributed by atoms with van der Waals surface area (Å²) < 4.78 is 0. The van der Waals surface area contributed by atoms with Crippen LogP contribution in [0, 0.1) is 0 Å². The van der Waals surface area contributed by atoms with Gasteiger partial charge in [0.15, 0.2) is 0 Å². The van der Waals surface area contributed by atoms with Gasteiger partial charge >= 0.3 is 0 Å². The normalized spacial score (nSPS) is 12.7. The van der Waals surface area contributed by atoms with E-state index in [9.17, 15) is 0 Å². The van der Waals surface area contributed by atoms with Crippen molar-refractivity contribution in [3.8, 4) is 0 Å². The Balaban J connectivity index is 2.57. The molecular weight excluding hydrogens is 196 g/mol. The number of nitrogen functional groups attached to an aromatic ring is 1. The van der Waals surface area contributed by atoms with Crippen LogP contribution in [-0.2, 0) is 6.42 Å². The van der Waals surface area contributed by atoms with E-state index in [-0.39, 0.29) is 6.04 Å². The lowest BCUT2D eigenvalue weighted by Crippen LogP contribution is -2.38. The second-order valence-electron chi connectivity index (χ2n) is 3.11. The second kappa shape index (κ2) is 5.85. The fourth-order valence-electron chi connectivity index (χ4n) is 1.27. The number of nitrogens with one attached hydrogen (secondary N) is 1. The Morgan fingerprint density at radius 3 is 3.00 bits per heavy atom. The quantitative estimate of drug-likeness (QED) is 0.486. The number of nitrogens with zero attached hydrogens (tertiary/aromatic N) is 1. The molecule has 0 aliphatic carbocycles. The van der Waals surface area contributed by atoms with E-state index in [1.165, 1.54) is 0 Å². The first-order chi connectivity index (χ1) is 6.76. The first-order valence-electron chi connectivity index (χ1n) is 4.41. The average Bonchev–Trinajstić information content (AvgIpc) is 2.17. The van der Waals surface area contributed by atoms with E-state index in [0.29, 0.717) is 5.82 Å². The lowest BCUT2D eigenvalue weighted by Gasteiger charge is -2.14. The molecule has 0 radical (unpaired) electrons. The van der Waals surface area contributed by atoms with E-state index < -0.39 is 0 Å². The van der Waals surface area contributed by atoms with Crippen molar-refractivity contribution in [1.82, 2.24) is 10.4 Å². The van der Waals surface area contributed by atoms with Gasteiger partial charge in [0.2, 0.25) is 0 Å². The van der Waals surface area contributed by atoms with Gasteiger partial charge in [-0.2, -0.15) is 11.8 Å². The average molecular weight is 212 g/mol. The third-order valence-electron chi connectivity index (χ3n) is 1.93. The van der Waals surface area contributed by atoms with Gasteiger partial charge in [-0.25, -0.2) is 4.98 Å². The Bertz CT molecular complexity index is 279. The second-order valence-corrected chi connectivity index (χ2v) is 4.02. The van der Waals surface area contributed by atoms with Crippen LogP contribution in [0.1, 0.15) is 5.56 Å². The van der Waals surface area contributed by atoms with Gasteiger partial charge in [-0.15, -0.1) is 0 Å². The number of hydrogen-bond donors (Lipinski definition) is 3. The van der Waals surface area contributed by atoms with Crippen LogP contribution in [0.15, 0.2) is 18.3 Å². The van der Waals surface area contributed by atoms with Crippen LogP contribution >= 0.6 is 11.8 Å². The summed E-state index contributed by atoms with van der Waals surface area (Å²) in [7, 11) is 0. The fraction of sp³-hybridized carbons (Fsp3) is 0.444. The Morgan fingerprint density at radius 2 is 2.43 bits per heavy atom. The molecule has 5 N–H and O–H groups in total. The van der Waals surface area contributed by atoms with Crippen LogP contribution in [0.5, 0.6) is 0 Å². The van der Waals surface area contributed by atoms with E-state index in [1.807, 2.05) is 12.1 Å². The summed E-state index contributed by atoms with van der Waals surface area (Å²) in [6.07, 6.45) is 4.66. The van der Waals surface area contributed by atoms with Gasteiger partial charge in [-0.05, 0) is 30.4 Å². The number of rotatable bonds is 5. The molecule has 0 aromatic carbocycles. The molecule has 0 aliphatic heterocycles. The molecule has 1 heterocycles. The van der Waals surface area contributed by atoms with Gasteiger partial charge in [0.05, 0.1) is 0 Å². The summed E-state index contributed by atoms with van der Waals surface area (Å²) in [5, 5.41) is 0. The Kier molecular flexibility index (Phi) is 4.72. The van der Waals surface area contributed by atoms with Crippen LogP contribution in [0.25, 0.3) is 0 Å². The van der Waals surface area contributed by atoms with Gasteiger partial charge < -0.3 is 5.73 Å². The molecule has 0 bridgehead atoms. The van der Waals surface area contributed by atoms with Crippen LogP contribution in [0.4, 0.5) is 5.82 Å². The SMILES string of the molecule is CSCC(Cc1ccnc(N)c1)NN. The fourth-order valence-corrected chi connectivity index (χ4v) is 1.89. The Morgan fingerprint density at radius 1 is 1.64 bits per heavy atom. The molecule has 1 unspecified atom stereocenters. The number of aromatic nitrogens is 1. The molecule has 0 saturated heterocycles. The summed E-state index contributed by atoms with van der Waals surface area (Å²) in [6, 6.07) is 4.12. The molecule has 1 aromatic heterocycles. The summed E-state index contributed by atoms with van der Waals surface area (Å²) in [5.74, 6) is 6.98. The van der Waals surface area contributed by atoms with Crippen molar-refractivity contribution in [3.63, 3.8) is 0 Å². The highest BCUT2D eigenvalue weighted by molar-refractivity contribution is 7.98. The molecule has 0 saturated carbocycles. The minimum absolute atomic E-state index is 0.284. The number of pyridine rings is 1. The van der Waals surface area contributed by atoms with Gasteiger partial charge in [-0.1, -0.05) is 0 Å². The van der Waals surface area contributed by atoms with Crippen molar-refractivity contribution in [2.75, 3.05) is 17.7 Å². The molecule has 0 amide bonds. The zero-order chi connectivity index (χ0) is 10.4. The highest BCUT2D eigenvalue weighted by Crippen LogP contribution is 2.08. The molecule has 0 aliphatic rings. The highest BCUT2D eigenvalue weighted by Gasteiger charge is 2.06. The zero-order valence-electron chi connectivity index (χ0n) is 8.23. The van der Waals surface area contributed by atoms with E-state index in [0.717, 1.165) is 17.7 Å². The first-order valence-corrected chi connectivity index (χ1v) is 5.81. The van der Waals surface area contributed by atoms with Crippen molar-refractivity contribution < 1.29 is 0 Å². The summed E-state index contributed by atoms with van der Waals surface area (Å²) in [4.78, 5) is 3.94. The lowest BCUT2D eigenvalue weighted by molar-refractivity contribution is 0.576. The number of anilines is 1. The summed E-state index contributed by atoms with van der Waals surface area (Å²) >= 11 is 1.77. The van der Waals surface area contributed by atoms with E-state index >= 15 is 0 Å². The third-order valence-corrected chi connectivity index (χ3v) is 2.67. The number of hydrogen-bond acceptors (Lipinski definition) is 5. The molecular formula is C9H16N4S. The Labute approximate surface area is 88.4 Å². The van der Waals surface area contributed by atoms with Crippen LogP contribution in [0.2, 0.25) is 0 Å². The van der Waals surface area contributed by atoms with E-state index in [4.69, 9.17) is 11.6 Å². The predicted octanol–water partition coefficient (Wildman–Crippen LogP) is 0.401. The van der Waals surface area contributed by atoms with Crippen LogP contribution in [-0.4, -0.2) is 23.0 Å². The van der Waals surface area contributed by atoms with Gasteiger partial charge in [0, 0.05) is 18.0 Å². The van der Waals surface area contributed by atoms with Gasteiger partial charge in [0.25, 0.3) is 0 Å². The smallest absolute Gasteiger partial charge is 0.123 e. The predicted molar refractivity (Wildman–Crippen MR) is 61.8 cm³/mol.